The van der Waals surface area contributed by atoms with Crippen molar-refractivity contribution in [2.24, 2.45) is 0 Å². The molecule has 0 bridgehead atoms. The highest BCUT2D eigenvalue weighted by Gasteiger charge is 2.25. The molecule has 34 heavy (non-hydrogen) atoms. The van der Waals surface area contributed by atoms with E-state index in [0.717, 1.165) is 11.1 Å². The highest BCUT2D eigenvalue weighted by Crippen LogP contribution is 2.38. The van der Waals surface area contributed by atoms with Gasteiger partial charge in [0.05, 0.1) is 10.8 Å². The molecule has 172 valence electrons. The van der Waals surface area contributed by atoms with Crippen LogP contribution in [0, 0.1) is 29.6 Å². The number of carbonyl (C=O) groups is 1. The number of aromatic nitrogens is 1. The minimum absolute atomic E-state index is 0.0423. The Balaban J connectivity index is 2.01. The van der Waals surface area contributed by atoms with Crippen LogP contribution in [0.2, 0.25) is 0 Å². The number of anilines is 2. The van der Waals surface area contributed by atoms with Crippen molar-refractivity contribution in [3.05, 3.63) is 70.8 Å². The van der Waals surface area contributed by atoms with Gasteiger partial charge in [0, 0.05) is 11.3 Å². The molecule has 1 unspecified atom stereocenters. The zero-order valence-electron chi connectivity index (χ0n) is 19.7. The Hall–Kier alpha value is -3.81. The van der Waals surface area contributed by atoms with Gasteiger partial charge in [-0.25, -0.2) is 4.98 Å². The molecule has 6 nitrogen and oxygen atoms in total. The Morgan fingerprint density at radius 3 is 2.21 bits per heavy atom. The van der Waals surface area contributed by atoms with Crippen molar-refractivity contribution in [3.8, 4) is 23.3 Å². The highest BCUT2D eigenvalue weighted by atomic mass is 32.2. The molecule has 3 rings (SSSR count). The van der Waals surface area contributed by atoms with Gasteiger partial charge in [0.15, 0.2) is 0 Å². The lowest BCUT2D eigenvalue weighted by Gasteiger charge is -2.18. The molecule has 7 heteroatoms. The number of nitriles is 2. The van der Waals surface area contributed by atoms with E-state index < -0.39 is 5.25 Å². The van der Waals surface area contributed by atoms with Crippen molar-refractivity contribution in [3.63, 3.8) is 0 Å². The zero-order valence-corrected chi connectivity index (χ0v) is 20.5. The minimum atomic E-state index is -0.496. The lowest BCUT2D eigenvalue weighted by molar-refractivity contribution is -0.115. The molecule has 0 spiro atoms. The van der Waals surface area contributed by atoms with Gasteiger partial charge in [-0.3, -0.25) is 4.79 Å². The van der Waals surface area contributed by atoms with E-state index in [-0.39, 0.29) is 22.9 Å². The Kier molecular flexibility index (Phi) is 7.94. The molecule has 3 aromatic rings. The van der Waals surface area contributed by atoms with Gasteiger partial charge in [-0.1, -0.05) is 74.5 Å². The summed E-state index contributed by atoms with van der Waals surface area (Å²) in [5.74, 6) is 0.208. The van der Waals surface area contributed by atoms with Crippen LogP contribution in [-0.4, -0.2) is 16.1 Å². The second-order valence-electron chi connectivity index (χ2n) is 8.30. The first-order chi connectivity index (χ1) is 16.3. The van der Waals surface area contributed by atoms with Crippen LogP contribution in [0.3, 0.4) is 0 Å². The van der Waals surface area contributed by atoms with E-state index in [9.17, 15) is 15.3 Å². The van der Waals surface area contributed by atoms with Crippen LogP contribution in [0.5, 0.6) is 0 Å². The third-order valence-electron chi connectivity index (χ3n) is 5.52. The van der Waals surface area contributed by atoms with Crippen LogP contribution in [-0.2, 0) is 4.79 Å². The van der Waals surface area contributed by atoms with Crippen molar-refractivity contribution in [2.75, 3.05) is 11.1 Å². The van der Waals surface area contributed by atoms with Gasteiger partial charge in [0.2, 0.25) is 5.91 Å². The van der Waals surface area contributed by atoms with Gasteiger partial charge in [0.1, 0.15) is 28.5 Å². The maximum Gasteiger partial charge on any atom is 0.237 e. The number of amides is 1. The lowest BCUT2D eigenvalue weighted by Crippen LogP contribution is -2.25. The fourth-order valence-corrected chi connectivity index (χ4v) is 4.54. The average molecular weight is 470 g/mol. The molecule has 2 aromatic carbocycles. The first-order valence-electron chi connectivity index (χ1n) is 11.1. The molecule has 0 fully saturated rings. The van der Waals surface area contributed by atoms with Gasteiger partial charge in [0.25, 0.3) is 0 Å². The SMILES string of the molecule is CCC(Sc1nc(N)c(C#N)c(-c2ccc(C(C)C)cc2)c1C#N)C(=O)Nc1ccc(C)cc1. The van der Waals surface area contributed by atoms with E-state index >= 15 is 0 Å². The summed E-state index contributed by atoms with van der Waals surface area (Å²) in [6.07, 6.45) is 0.521. The Bertz CT molecular complexity index is 1270. The summed E-state index contributed by atoms with van der Waals surface area (Å²) < 4.78 is 0. The number of hydrogen-bond acceptors (Lipinski definition) is 6. The van der Waals surface area contributed by atoms with Crippen LogP contribution in [0.25, 0.3) is 11.1 Å². The van der Waals surface area contributed by atoms with Crippen molar-refractivity contribution >= 4 is 29.2 Å². The van der Waals surface area contributed by atoms with Crippen molar-refractivity contribution in [1.29, 1.82) is 10.5 Å². The number of nitrogens with two attached hydrogens (primary N) is 1. The zero-order chi connectivity index (χ0) is 24.8. The summed E-state index contributed by atoms with van der Waals surface area (Å²) in [4.78, 5) is 17.3. The molecule has 0 saturated heterocycles. The van der Waals surface area contributed by atoms with E-state index in [0.29, 0.717) is 34.2 Å². The number of aryl methyl sites for hydroxylation is 1. The van der Waals surface area contributed by atoms with Gasteiger partial charge < -0.3 is 11.1 Å². The quantitative estimate of drug-likeness (QED) is 0.409. The standard InChI is InChI=1S/C27H27N5OS/c1-5-23(26(33)31-20-12-6-17(4)7-13-20)34-27-22(15-29)24(21(14-28)25(30)32-27)19-10-8-18(9-11-19)16(2)3/h6-13,16,23H,5H2,1-4H3,(H2,30,32)(H,31,33). The van der Waals surface area contributed by atoms with Gasteiger partial charge in [-0.2, -0.15) is 10.5 Å². The van der Waals surface area contributed by atoms with E-state index in [2.05, 4.69) is 36.3 Å². The summed E-state index contributed by atoms with van der Waals surface area (Å²) in [5.41, 5.74) is 10.7. The molecule has 1 atom stereocenters. The largest absolute Gasteiger partial charge is 0.383 e. The van der Waals surface area contributed by atoms with Crippen LogP contribution in [0.15, 0.2) is 53.6 Å². The smallest absolute Gasteiger partial charge is 0.237 e. The molecular weight excluding hydrogens is 442 g/mol. The summed E-state index contributed by atoms with van der Waals surface area (Å²) in [6.45, 7) is 8.08. The average Bonchev–Trinajstić information content (AvgIpc) is 2.83. The van der Waals surface area contributed by atoms with Crippen molar-refractivity contribution in [1.82, 2.24) is 4.98 Å². The maximum atomic E-state index is 13.0. The number of rotatable bonds is 7. The number of nitrogens with one attached hydrogen (secondary N) is 1. The second kappa shape index (κ2) is 10.9. The summed E-state index contributed by atoms with van der Waals surface area (Å²) in [7, 11) is 0. The van der Waals surface area contributed by atoms with Gasteiger partial charge in [-0.05, 0) is 42.5 Å². The van der Waals surface area contributed by atoms with E-state index in [1.165, 1.54) is 11.8 Å². The summed E-state index contributed by atoms with van der Waals surface area (Å²) in [5, 5.41) is 22.6. The highest BCUT2D eigenvalue weighted by molar-refractivity contribution is 8.00. The van der Waals surface area contributed by atoms with Crippen LogP contribution in [0.4, 0.5) is 11.5 Å². The fraction of sp³-hybridized carbons (Fsp3) is 0.259. The molecule has 0 radical (unpaired) electrons. The Labute approximate surface area is 204 Å². The number of carbonyl (C=O) groups excluding carboxylic acids is 1. The number of benzene rings is 2. The van der Waals surface area contributed by atoms with E-state index in [4.69, 9.17) is 5.73 Å². The summed E-state index contributed by atoms with van der Waals surface area (Å²) in [6, 6.07) is 19.6. The van der Waals surface area contributed by atoms with Crippen LogP contribution >= 0.6 is 11.8 Å². The topological polar surface area (TPSA) is 116 Å². The normalized spacial score (nSPS) is 11.5. The van der Waals surface area contributed by atoms with Crippen molar-refractivity contribution < 1.29 is 4.79 Å². The lowest BCUT2D eigenvalue weighted by atomic mass is 9.94. The monoisotopic (exact) mass is 469 g/mol. The van der Waals surface area contributed by atoms with Crippen molar-refractivity contribution in [2.45, 2.75) is 50.3 Å². The molecule has 1 aromatic heterocycles. The number of pyridine rings is 1. The predicted octanol–water partition coefficient (Wildman–Crippen LogP) is 6.02. The third-order valence-corrected chi connectivity index (χ3v) is 6.87. The predicted molar refractivity (Wildman–Crippen MR) is 137 cm³/mol. The molecule has 0 aliphatic carbocycles. The molecule has 0 aliphatic rings. The number of nitrogen functional groups attached to an aromatic ring is 1. The molecule has 0 saturated carbocycles. The number of nitrogens with zero attached hydrogens (tertiary/aromatic N) is 3. The fourth-order valence-electron chi connectivity index (χ4n) is 3.52. The number of thioether (sulfide) groups is 1. The van der Waals surface area contributed by atoms with E-state index in [1.807, 2.05) is 62.4 Å². The second-order valence-corrected chi connectivity index (χ2v) is 9.49. The van der Waals surface area contributed by atoms with Gasteiger partial charge in [-0.15, -0.1) is 0 Å². The molecular formula is C27H27N5OS. The van der Waals surface area contributed by atoms with Crippen LogP contribution in [0.1, 0.15) is 55.4 Å². The number of hydrogen-bond donors (Lipinski definition) is 2. The molecule has 1 heterocycles. The molecule has 1 amide bonds. The Morgan fingerprint density at radius 2 is 1.68 bits per heavy atom. The third kappa shape index (κ3) is 5.39. The minimum Gasteiger partial charge on any atom is -0.383 e. The Morgan fingerprint density at radius 1 is 1.06 bits per heavy atom. The van der Waals surface area contributed by atoms with Gasteiger partial charge >= 0.3 is 0 Å². The molecule has 3 N–H and O–H groups in total. The first kappa shape index (κ1) is 24.8. The maximum absolute atomic E-state index is 13.0. The molecule has 0 aliphatic heterocycles. The summed E-state index contributed by atoms with van der Waals surface area (Å²) >= 11 is 1.19. The van der Waals surface area contributed by atoms with E-state index in [1.54, 1.807) is 0 Å². The van der Waals surface area contributed by atoms with Crippen LogP contribution < -0.4 is 11.1 Å². The first-order valence-corrected chi connectivity index (χ1v) is 11.9.